The molecule has 2 rings (SSSR count). The van der Waals surface area contributed by atoms with E-state index in [1.165, 1.54) is 25.3 Å². The molecule has 0 radical (unpaired) electrons. The molecular formula is C15H22FNO. The number of phenolic OH excluding ortho intramolecular Hbond substituents is 1. The third kappa shape index (κ3) is 2.83. The summed E-state index contributed by atoms with van der Waals surface area (Å²) in [4.78, 5) is 2.36. The summed E-state index contributed by atoms with van der Waals surface area (Å²) in [6.45, 7) is 7.38. The van der Waals surface area contributed by atoms with Gasteiger partial charge in [0.1, 0.15) is 11.6 Å². The number of hydrogen-bond acceptors (Lipinski definition) is 2. The summed E-state index contributed by atoms with van der Waals surface area (Å²) < 4.78 is 13.2. The van der Waals surface area contributed by atoms with Crippen molar-refractivity contribution in [2.75, 3.05) is 13.1 Å². The normalized spacial score (nSPS) is 19.3. The Labute approximate surface area is 108 Å². The fourth-order valence-electron chi connectivity index (χ4n) is 2.97. The van der Waals surface area contributed by atoms with Crippen LogP contribution in [0.2, 0.25) is 0 Å². The molecular weight excluding hydrogens is 229 g/mol. The van der Waals surface area contributed by atoms with Gasteiger partial charge in [0.05, 0.1) is 0 Å². The molecule has 18 heavy (non-hydrogen) atoms. The molecule has 1 heterocycles. The van der Waals surface area contributed by atoms with Gasteiger partial charge in [0.15, 0.2) is 0 Å². The van der Waals surface area contributed by atoms with Gasteiger partial charge in [-0.05, 0) is 48.9 Å². The van der Waals surface area contributed by atoms with Crippen molar-refractivity contribution >= 4 is 0 Å². The molecule has 1 aliphatic heterocycles. The van der Waals surface area contributed by atoms with Crippen molar-refractivity contribution in [3.63, 3.8) is 0 Å². The van der Waals surface area contributed by atoms with E-state index in [2.05, 4.69) is 18.7 Å². The first-order chi connectivity index (χ1) is 8.57. The molecule has 0 unspecified atom stereocenters. The molecule has 3 heteroatoms. The molecule has 1 saturated heterocycles. The van der Waals surface area contributed by atoms with Gasteiger partial charge in [-0.1, -0.05) is 13.8 Å². The number of nitrogens with zero attached hydrogens (tertiary/aromatic N) is 1. The van der Waals surface area contributed by atoms with Gasteiger partial charge in [-0.25, -0.2) is 4.39 Å². The van der Waals surface area contributed by atoms with Crippen molar-refractivity contribution in [1.82, 2.24) is 4.90 Å². The van der Waals surface area contributed by atoms with Gasteiger partial charge in [0.25, 0.3) is 0 Å². The smallest absolute Gasteiger partial charge is 0.127 e. The minimum atomic E-state index is -0.360. The molecule has 0 bridgehead atoms. The van der Waals surface area contributed by atoms with E-state index in [4.69, 9.17) is 0 Å². The lowest BCUT2D eigenvalue weighted by atomic mass is 9.82. The molecule has 0 saturated carbocycles. The van der Waals surface area contributed by atoms with Crippen LogP contribution in [0.1, 0.15) is 38.7 Å². The SMILES string of the molecule is CCC1(CC)CCN(Cc2cc(O)cc(F)c2)C1. The summed E-state index contributed by atoms with van der Waals surface area (Å²) in [5.74, 6) is -0.345. The number of rotatable bonds is 4. The zero-order valence-electron chi connectivity index (χ0n) is 11.2. The quantitative estimate of drug-likeness (QED) is 0.884. The van der Waals surface area contributed by atoms with E-state index in [1.807, 2.05) is 0 Å². The highest BCUT2D eigenvalue weighted by atomic mass is 19.1. The Morgan fingerprint density at radius 2 is 2.00 bits per heavy atom. The predicted molar refractivity (Wildman–Crippen MR) is 71.0 cm³/mol. The predicted octanol–water partition coefficient (Wildman–Crippen LogP) is 3.54. The van der Waals surface area contributed by atoms with Crippen molar-refractivity contribution in [3.05, 3.63) is 29.6 Å². The summed E-state index contributed by atoms with van der Waals surface area (Å²) in [5, 5.41) is 9.40. The maximum Gasteiger partial charge on any atom is 0.127 e. The molecule has 0 amide bonds. The second-order valence-electron chi connectivity index (χ2n) is 5.49. The van der Waals surface area contributed by atoms with Gasteiger partial charge >= 0.3 is 0 Å². The van der Waals surface area contributed by atoms with E-state index in [0.29, 0.717) is 5.41 Å². The monoisotopic (exact) mass is 251 g/mol. The first-order valence-electron chi connectivity index (χ1n) is 6.78. The van der Waals surface area contributed by atoms with Crippen LogP contribution in [-0.2, 0) is 6.54 Å². The van der Waals surface area contributed by atoms with Gasteiger partial charge in [0.2, 0.25) is 0 Å². The number of benzene rings is 1. The standard InChI is InChI=1S/C15H22FNO/c1-3-15(4-2)5-6-17(11-15)10-12-7-13(16)9-14(18)8-12/h7-9,18H,3-6,10-11H2,1-2H3. The fourth-order valence-corrected chi connectivity index (χ4v) is 2.97. The molecule has 2 nitrogen and oxygen atoms in total. The maximum absolute atomic E-state index is 13.2. The number of halogens is 1. The van der Waals surface area contributed by atoms with Crippen molar-refractivity contribution in [2.24, 2.45) is 5.41 Å². The van der Waals surface area contributed by atoms with Gasteiger partial charge in [-0.15, -0.1) is 0 Å². The first-order valence-corrected chi connectivity index (χ1v) is 6.78. The highest BCUT2D eigenvalue weighted by molar-refractivity contribution is 5.28. The number of aromatic hydroxyl groups is 1. The first kappa shape index (κ1) is 13.3. The topological polar surface area (TPSA) is 23.5 Å². The summed E-state index contributed by atoms with van der Waals surface area (Å²) in [5.41, 5.74) is 1.30. The van der Waals surface area contributed by atoms with E-state index in [0.717, 1.165) is 31.3 Å². The average molecular weight is 251 g/mol. The van der Waals surface area contributed by atoms with Crippen LogP contribution in [0.5, 0.6) is 5.75 Å². The zero-order chi connectivity index (χ0) is 13.2. The summed E-state index contributed by atoms with van der Waals surface area (Å²) in [7, 11) is 0. The fraction of sp³-hybridized carbons (Fsp3) is 0.600. The average Bonchev–Trinajstić information content (AvgIpc) is 2.72. The maximum atomic E-state index is 13.2. The van der Waals surface area contributed by atoms with Gasteiger partial charge in [-0.3, -0.25) is 4.90 Å². The van der Waals surface area contributed by atoms with E-state index in [9.17, 15) is 9.50 Å². The highest BCUT2D eigenvalue weighted by Crippen LogP contribution is 2.37. The van der Waals surface area contributed by atoms with E-state index in [1.54, 1.807) is 6.07 Å². The Bertz CT molecular complexity index is 395. The zero-order valence-corrected chi connectivity index (χ0v) is 11.2. The number of phenols is 1. The van der Waals surface area contributed by atoms with Crippen LogP contribution in [0.3, 0.4) is 0 Å². The van der Waals surface area contributed by atoms with Crippen LogP contribution in [0.25, 0.3) is 0 Å². The summed E-state index contributed by atoms with van der Waals surface area (Å²) in [6.07, 6.45) is 3.63. The van der Waals surface area contributed by atoms with Crippen molar-refractivity contribution in [1.29, 1.82) is 0 Å². The van der Waals surface area contributed by atoms with Gasteiger partial charge in [-0.2, -0.15) is 0 Å². The van der Waals surface area contributed by atoms with Gasteiger partial charge in [0, 0.05) is 19.2 Å². The van der Waals surface area contributed by atoms with Crippen molar-refractivity contribution in [3.8, 4) is 5.75 Å². The number of likely N-dealkylation sites (tertiary alicyclic amines) is 1. The molecule has 1 aliphatic rings. The lowest BCUT2D eigenvalue weighted by Gasteiger charge is -2.26. The van der Waals surface area contributed by atoms with Crippen LogP contribution >= 0.6 is 0 Å². The second kappa shape index (κ2) is 5.27. The van der Waals surface area contributed by atoms with Crippen LogP contribution in [0.15, 0.2) is 18.2 Å². The molecule has 1 aromatic rings. The number of hydrogen-bond donors (Lipinski definition) is 1. The molecule has 1 aromatic carbocycles. The van der Waals surface area contributed by atoms with E-state index >= 15 is 0 Å². The lowest BCUT2D eigenvalue weighted by molar-refractivity contribution is 0.236. The Kier molecular flexibility index (Phi) is 3.91. The molecule has 0 spiro atoms. The van der Waals surface area contributed by atoms with Crippen LogP contribution in [-0.4, -0.2) is 23.1 Å². The van der Waals surface area contributed by atoms with E-state index < -0.39 is 0 Å². The Hall–Kier alpha value is -1.09. The van der Waals surface area contributed by atoms with Crippen molar-refractivity contribution < 1.29 is 9.50 Å². The molecule has 0 aromatic heterocycles. The Morgan fingerprint density at radius 1 is 1.28 bits per heavy atom. The van der Waals surface area contributed by atoms with E-state index in [-0.39, 0.29) is 11.6 Å². The third-order valence-corrected chi connectivity index (χ3v) is 4.37. The molecule has 100 valence electrons. The summed E-state index contributed by atoms with van der Waals surface area (Å²) >= 11 is 0. The van der Waals surface area contributed by atoms with Crippen LogP contribution < -0.4 is 0 Å². The molecule has 1 N–H and O–H groups in total. The molecule has 0 atom stereocenters. The second-order valence-corrected chi connectivity index (χ2v) is 5.49. The Balaban J connectivity index is 2.03. The van der Waals surface area contributed by atoms with Crippen LogP contribution in [0.4, 0.5) is 4.39 Å². The largest absolute Gasteiger partial charge is 0.508 e. The Morgan fingerprint density at radius 3 is 2.56 bits per heavy atom. The lowest BCUT2D eigenvalue weighted by Crippen LogP contribution is -2.26. The summed E-state index contributed by atoms with van der Waals surface area (Å²) in [6, 6.07) is 4.31. The minimum Gasteiger partial charge on any atom is -0.508 e. The third-order valence-electron chi connectivity index (χ3n) is 4.37. The molecule has 0 aliphatic carbocycles. The highest BCUT2D eigenvalue weighted by Gasteiger charge is 2.34. The minimum absolute atomic E-state index is 0.0152. The van der Waals surface area contributed by atoms with Crippen molar-refractivity contribution in [2.45, 2.75) is 39.7 Å². The molecule has 1 fully saturated rings. The van der Waals surface area contributed by atoms with Crippen LogP contribution in [0, 0.1) is 11.2 Å². The van der Waals surface area contributed by atoms with Gasteiger partial charge < -0.3 is 5.11 Å².